The van der Waals surface area contributed by atoms with Gasteiger partial charge in [0.15, 0.2) is 0 Å². The second kappa shape index (κ2) is 7.48. The molecule has 0 atom stereocenters. The van der Waals surface area contributed by atoms with Gasteiger partial charge < -0.3 is 9.26 Å². The molecule has 1 saturated carbocycles. The molecule has 2 aromatic carbocycles. The summed E-state index contributed by atoms with van der Waals surface area (Å²) in [6, 6.07) is 16.2. The van der Waals surface area contributed by atoms with Crippen LogP contribution in [-0.4, -0.2) is 28.2 Å². The van der Waals surface area contributed by atoms with Crippen molar-refractivity contribution in [1.29, 1.82) is 0 Å². The van der Waals surface area contributed by atoms with Crippen LogP contribution in [0.2, 0.25) is 5.02 Å². The monoisotopic (exact) mass is 369 g/mol. The average molecular weight is 370 g/mol. The number of halogens is 1. The zero-order valence-corrected chi connectivity index (χ0v) is 15.3. The molecule has 0 bridgehead atoms. The molecule has 1 aliphatic rings. The second-order valence-electron chi connectivity index (χ2n) is 6.51. The molecule has 0 aliphatic heterocycles. The summed E-state index contributed by atoms with van der Waals surface area (Å²) in [5.74, 6) is 2.07. The third-order valence-electron chi connectivity index (χ3n) is 4.50. The number of hydrogen-bond acceptors (Lipinski definition) is 5. The first-order valence-corrected chi connectivity index (χ1v) is 9.04. The molecule has 0 radical (unpaired) electrons. The lowest BCUT2D eigenvalue weighted by Crippen LogP contribution is -2.25. The Kier molecular flexibility index (Phi) is 4.91. The maximum absolute atomic E-state index is 6.04. The predicted molar refractivity (Wildman–Crippen MR) is 100 cm³/mol. The molecule has 0 unspecified atom stereocenters. The number of methoxy groups -OCH3 is 1. The first-order chi connectivity index (χ1) is 12.7. The Hall–Kier alpha value is -2.37. The molecule has 0 N–H and O–H groups in total. The quantitative estimate of drug-likeness (QED) is 0.611. The van der Waals surface area contributed by atoms with Crippen LogP contribution in [0.5, 0.6) is 5.75 Å². The van der Waals surface area contributed by atoms with Crippen molar-refractivity contribution in [2.75, 3.05) is 7.11 Å². The van der Waals surface area contributed by atoms with Gasteiger partial charge in [-0.25, -0.2) is 0 Å². The second-order valence-corrected chi connectivity index (χ2v) is 6.94. The normalized spacial score (nSPS) is 14.0. The highest BCUT2D eigenvalue weighted by Crippen LogP contribution is 2.30. The Labute approximate surface area is 157 Å². The van der Waals surface area contributed by atoms with Crippen molar-refractivity contribution in [2.45, 2.75) is 32.0 Å². The van der Waals surface area contributed by atoms with Gasteiger partial charge in [0.2, 0.25) is 11.7 Å². The highest BCUT2D eigenvalue weighted by atomic mass is 35.5. The van der Waals surface area contributed by atoms with Crippen molar-refractivity contribution in [3.63, 3.8) is 0 Å². The van der Waals surface area contributed by atoms with E-state index in [1.807, 2.05) is 36.4 Å². The Bertz CT molecular complexity index is 875. The van der Waals surface area contributed by atoms with E-state index in [4.69, 9.17) is 20.9 Å². The number of nitrogens with zero attached hydrogens (tertiary/aromatic N) is 3. The minimum Gasteiger partial charge on any atom is -0.497 e. The van der Waals surface area contributed by atoms with Crippen molar-refractivity contribution >= 4 is 11.6 Å². The van der Waals surface area contributed by atoms with E-state index >= 15 is 0 Å². The molecule has 134 valence electrons. The molecule has 1 fully saturated rings. The SMILES string of the molecule is COc1ccc(CN(Cc2nc(-c3cccc(Cl)c3)no2)C2CC2)cc1. The summed E-state index contributed by atoms with van der Waals surface area (Å²) < 4.78 is 10.7. The van der Waals surface area contributed by atoms with Gasteiger partial charge in [0, 0.05) is 23.2 Å². The maximum Gasteiger partial charge on any atom is 0.241 e. The summed E-state index contributed by atoms with van der Waals surface area (Å²) >= 11 is 6.04. The van der Waals surface area contributed by atoms with Gasteiger partial charge in [-0.3, -0.25) is 4.90 Å². The Morgan fingerprint density at radius 1 is 1.15 bits per heavy atom. The molecule has 1 heterocycles. The topological polar surface area (TPSA) is 51.4 Å². The summed E-state index contributed by atoms with van der Waals surface area (Å²) in [4.78, 5) is 6.93. The molecule has 0 spiro atoms. The predicted octanol–water partition coefficient (Wildman–Crippen LogP) is 4.56. The van der Waals surface area contributed by atoms with Crippen LogP contribution in [0.25, 0.3) is 11.4 Å². The summed E-state index contributed by atoms with van der Waals surface area (Å²) in [6.07, 6.45) is 2.43. The zero-order chi connectivity index (χ0) is 17.9. The first-order valence-electron chi connectivity index (χ1n) is 8.67. The number of hydrogen-bond donors (Lipinski definition) is 0. The summed E-state index contributed by atoms with van der Waals surface area (Å²) in [5, 5.41) is 4.76. The van der Waals surface area contributed by atoms with Gasteiger partial charge in [0.05, 0.1) is 13.7 Å². The number of rotatable bonds is 7. The minimum atomic E-state index is 0.572. The van der Waals surface area contributed by atoms with Crippen LogP contribution >= 0.6 is 11.6 Å². The van der Waals surface area contributed by atoms with E-state index in [1.165, 1.54) is 18.4 Å². The maximum atomic E-state index is 6.04. The van der Waals surface area contributed by atoms with Gasteiger partial charge in [0.1, 0.15) is 5.75 Å². The van der Waals surface area contributed by atoms with Crippen molar-refractivity contribution in [2.24, 2.45) is 0 Å². The zero-order valence-electron chi connectivity index (χ0n) is 14.6. The molecule has 5 nitrogen and oxygen atoms in total. The number of benzene rings is 2. The van der Waals surface area contributed by atoms with Gasteiger partial charge in [0.25, 0.3) is 0 Å². The average Bonchev–Trinajstić information content (AvgIpc) is 3.41. The molecule has 26 heavy (non-hydrogen) atoms. The molecular weight excluding hydrogens is 350 g/mol. The molecule has 4 rings (SSSR count). The molecule has 0 saturated heterocycles. The Balaban J connectivity index is 1.47. The van der Waals surface area contributed by atoms with Crippen molar-refractivity contribution in [3.05, 3.63) is 65.0 Å². The van der Waals surface area contributed by atoms with Crippen LogP contribution < -0.4 is 4.74 Å². The van der Waals surface area contributed by atoms with Gasteiger partial charge in [-0.2, -0.15) is 4.98 Å². The smallest absolute Gasteiger partial charge is 0.241 e. The summed E-state index contributed by atoms with van der Waals surface area (Å²) in [7, 11) is 1.68. The fourth-order valence-electron chi connectivity index (χ4n) is 2.96. The lowest BCUT2D eigenvalue weighted by molar-refractivity contribution is 0.209. The molecule has 6 heteroatoms. The van der Waals surface area contributed by atoms with Crippen LogP contribution in [0.3, 0.4) is 0 Å². The van der Waals surface area contributed by atoms with E-state index in [9.17, 15) is 0 Å². The third kappa shape index (κ3) is 4.06. The van der Waals surface area contributed by atoms with Crippen LogP contribution in [0.4, 0.5) is 0 Å². The van der Waals surface area contributed by atoms with Gasteiger partial charge >= 0.3 is 0 Å². The fourth-order valence-corrected chi connectivity index (χ4v) is 3.15. The molecular formula is C20H20ClN3O2. The first kappa shape index (κ1) is 17.1. The van der Waals surface area contributed by atoms with Crippen LogP contribution in [0.1, 0.15) is 24.3 Å². The van der Waals surface area contributed by atoms with E-state index in [0.29, 0.717) is 29.3 Å². The van der Waals surface area contributed by atoms with Crippen molar-refractivity contribution < 1.29 is 9.26 Å². The largest absolute Gasteiger partial charge is 0.497 e. The molecule has 1 aliphatic carbocycles. The van der Waals surface area contributed by atoms with E-state index in [1.54, 1.807) is 7.11 Å². The summed E-state index contributed by atoms with van der Waals surface area (Å²) in [5.41, 5.74) is 2.10. The van der Waals surface area contributed by atoms with E-state index in [2.05, 4.69) is 27.2 Å². The van der Waals surface area contributed by atoms with Crippen molar-refractivity contribution in [3.8, 4) is 17.1 Å². The molecule has 3 aromatic rings. The highest BCUT2D eigenvalue weighted by molar-refractivity contribution is 6.30. The van der Waals surface area contributed by atoms with Gasteiger partial charge in [-0.05, 0) is 42.7 Å². The summed E-state index contributed by atoms with van der Waals surface area (Å²) in [6.45, 7) is 1.49. The third-order valence-corrected chi connectivity index (χ3v) is 4.73. The number of aromatic nitrogens is 2. The molecule has 0 amide bonds. The fraction of sp³-hybridized carbons (Fsp3) is 0.300. The molecule has 1 aromatic heterocycles. The van der Waals surface area contributed by atoms with Crippen LogP contribution in [-0.2, 0) is 13.1 Å². The lowest BCUT2D eigenvalue weighted by atomic mass is 10.2. The van der Waals surface area contributed by atoms with E-state index < -0.39 is 0 Å². The van der Waals surface area contributed by atoms with E-state index in [0.717, 1.165) is 17.9 Å². The Morgan fingerprint density at radius 2 is 1.96 bits per heavy atom. The van der Waals surface area contributed by atoms with Crippen molar-refractivity contribution in [1.82, 2.24) is 15.0 Å². The minimum absolute atomic E-state index is 0.572. The van der Waals surface area contributed by atoms with Crippen LogP contribution in [0.15, 0.2) is 53.1 Å². The van der Waals surface area contributed by atoms with E-state index in [-0.39, 0.29) is 0 Å². The highest BCUT2D eigenvalue weighted by Gasteiger charge is 2.30. The number of ether oxygens (including phenoxy) is 1. The van der Waals surface area contributed by atoms with Gasteiger partial charge in [-0.15, -0.1) is 0 Å². The standard InChI is InChI=1S/C20H20ClN3O2/c1-25-18-9-5-14(6-10-18)12-24(17-7-8-17)13-19-22-20(23-26-19)15-3-2-4-16(21)11-15/h2-6,9-11,17H,7-8,12-13H2,1H3. The Morgan fingerprint density at radius 3 is 2.65 bits per heavy atom. The van der Waals surface area contributed by atoms with Crippen LogP contribution in [0, 0.1) is 0 Å². The lowest BCUT2D eigenvalue weighted by Gasteiger charge is -2.20. The van der Waals surface area contributed by atoms with Gasteiger partial charge in [-0.1, -0.05) is 41.0 Å².